The topological polar surface area (TPSA) is 84.6 Å². The van der Waals surface area contributed by atoms with Crippen LogP contribution in [0.5, 0.6) is 5.75 Å². The number of aliphatic hydroxyl groups is 1. The molecule has 5 nitrogen and oxygen atoms in total. The number of halogens is 3. The highest BCUT2D eigenvalue weighted by atomic mass is 35.5. The molecule has 1 amide bonds. The number of carbonyl (C=O) groups excluding carboxylic acids is 1. The second kappa shape index (κ2) is 10.6. The smallest absolute Gasteiger partial charge is 0.249 e. The minimum Gasteiger partial charge on any atom is -0.480 e. The van der Waals surface area contributed by atoms with Crippen molar-refractivity contribution in [3.05, 3.63) is 87.4 Å². The number of benzene rings is 3. The number of carbonyl (C=O) groups is 1. The number of fused-ring (bicyclic) bond motifs is 1. The van der Waals surface area contributed by atoms with E-state index in [2.05, 4.69) is 5.32 Å². The third-order valence-electron chi connectivity index (χ3n) is 7.85. The standard InChI is InChI=1S/C30H31ClF2N2O3/c1-2-17-8-13-21(29(34)37)26(28(17)33)25-22-15-30(18-6-4-3-5-7-18,38-24(22)14-23(32)27(25)31)16-35-19-9-11-20(36)12-10-19/h3-8,13-14,19-20,35-36H,2,9-12,15-16H2,1H3,(H2,34,37)/t19?,20?,30-/m1/s1. The van der Waals surface area contributed by atoms with Gasteiger partial charge in [0, 0.05) is 47.3 Å². The van der Waals surface area contributed by atoms with Gasteiger partial charge in [-0.3, -0.25) is 4.79 Å². The Bertz CT molecular complexity index is 1360. The van der Waals surface area contributed by atoms with Crippen LogP contribution in [0.1, 0.15) is 59.7 Å². The molecule has 1 aliphatic carbocycles. The van der Waals surface area contributed by atoms with E-state index in [9.17, 15) is 9.90 Å². The van der Waals surface area contributed by atoms with E-state index in [0.717, 1.165) is 31.2 Å². The van der Waals surface area contributed by atoms with Crippen LogP contribution < -0.4 is 15.8 Å². The number of hydrogen-bond acceptors (Lipinski definition) is 4. The van der Waals surface area contributed by atoms with E-state index in [1.807, 2.05) is 30.3 Å². The summed E-state index contributed by atoms with van der Waals surface area (Å²) in [5.41, 5.74) is 6.41. The molecule has 1 aliphatic heterocycles. The van der Waals surface area contributed by atoms with Crippen molar-refractivity contribution in [3.8, 4) is 16.9 Å². The monoisotopic (exact) mass is 540 g/mol. The van der Waals surface area contributed by atoms with Crippen LogP contribution in [-0.4, -0.2) is 29.7 Å². The largest absolute Gasteiger partial charge is 0.480 e. The Labute approximate surface area is 226 Å². The van der Waals surface area contributed by atoms with Gasteiger partial charge in [-0.25, -0.2) is 8.78 Å². The molecule has 1 atom stereocenters. The van der Waals surface area contributed by atoms with E-state index in [0.29, 0.717) is 24.1 Å². The summed E-state index contributed by atoms with van der Waals surface area (Å²) < 4.78 is 37.6. The maximum Gasteiger partial charge on any atom is 0.249 e. The summed E-state index contributed by atoms with van der Waals surface area (Å²) in [6.07, 6.45) is 3.50. The fourth-order valence-corrected chi connectivity index (χ4v) is 6.00. The molecule has 0 aromatic heterocycles. The van der Waals surface area contributed by atoms with Gasteiger partial charge in [0.15, 0.2) is 5.60 Å². The molecule has 0 spiro atoms. The van der Waals surface area contributed by atoms with Gasteiger partial charge in [-0.15, -0.1) is 0 Å². The van der Waals surface area contributed by atoms with Crippen LogP contribution in [-0.2, 0) is 18.4 Å². The Hall–Kier alpha value is -3.00. The van der Waals surface area contributed by atoms with Crippen LogP contribution in [0.4, 0.5) is 8.78 Å². The molecule has 4 N–H and O–H groups in total. The molecule has 38 heavy (non-hydrogen) atoms. The van der Waals surface area contributed by atoms with E-state index < -0.39 is 23.1 Å². The van der Waals surface area contributed by atoms with Crippen molar-refractivity contribution < 1.29 is 23.4 Å². The van der Waals surface area contributed by atoms with Crippen molar-refractivity contribution in [2.45, 2.75) is 63.2 Å². The van der Waals surface area contributed by atoms with Crippen molar-refractivity contribution in [1.82, 2.24) is 5.32 Å². The first-order chi connectivity index (χ1) is 18.2. The molecule has 0 unspecified atom stereocenters. The van der Waals surface area contributed by atoms with Crippen molar-refractivity contribution in [1.29, 1.82) is 0 Å². The van der Waals surface area contributed by atoms with Crippen LogP contribution in [0.2, 0.25) is 5.02 Å². The van der Waals surface area contributed by atoms with Crippen LogP contribution in [0.15, 0.2) is 48.5 Å². The number of aryl methyl sites for hydroxylation is 1. The summed E-state index contributed by atoms with van der Waals surface area (Å²) >= 11 is 6.52. The molecular formula is C30H31ClF2N2O3. The molecule has 1 fully saturated rings. The number of ether oxygens (including phenoxy) is 1. The Morgan fingerprint density at radius 3 is 2.50 bits per heavy atom. The summed E-state index contributed by atoms with van der Waals surface area (Å²) in [5.74, 6) is -1.99. The van der Waals surface area contributed by atoms with Crippen LogP contribution in [0.25, 0.3) is 11.1 Å². The zero-order valence-electron chi connectivity index (χ0n) is 21.2. The molecule has 0 saturated heterocycles. The van der Waals surface area contributed by atoms with Crippen LogP contribution in [0, 0.1) is 11.6 Å². The lowest BCUT2D eigenvalue weighted by molar-refractivity contribution is 0.0760. The maximum atomic E-state index is 15.8. The predicted octanol–water partition coefficient (Wildman–Crippen LogP) is 5.67. The van der Waals surface area contributed by atoms with Gasteiger partial charge in [-0.2, -0.15) is 0 Å². The van der Waals surface area contributed by atoms with Crippen molar-refractivity contribution in [2.75, 3.05) is 6.54 Å². The van der Waals surface area contributed by atoms with Gasteiger partial charge in [0.25, 0.3) is 0 Å². The zero-order chi connectivity index (χ0) is 27.0. The van der Waals surface area contributed by atoms with E-state index in [4.69, 9.17) is 22.1 Å². The second-order valence-electron chi connectivity index (χ2n) is 10.2. The SMILES string of the molecule is CCc1ccc(C(N)=O)c(-c2c(Cl)c(F)cc3c2C[C@@](CNC2CCC(O)CC2)(c2ccccc2)O3)c1F. The third kappa shape index (κ3) is 4.79. The lowest BCUT2D eigenvalue weighted by Crippen LogP contribution is -2.46. The Morgan fingerprint density at radius 2 is 1.84 bits per heavy atom. The number of aliphatic hydroxyl groups excluding tert-OH is 1. The lowest BCUT2D eigenvalue weighted by atomic mass is 9.84. The molecular weight excluding hydrogens is 510 g/mol. The van der Waals surface area contributed by atoms with Crippen LogP contribution in [0.3, 0.4) is 0 Å². The van der Waals surface area contributed by atoms with E-state index in [-0.39, 0.29) is 46.0 Å². The Morgan fingerprint density at radius 1 is 1.13 bits per heavy atom. The Kier molecular flexibility index (Phi) is 7.45. The molecule has 1 heterocycles. The molecule has 8 heteroatoms. The highest BCUT2D eigenvalue weighted by Crippen LogP contribution is 2.50. The fraction of sp³-hybridized carbons (Fsp3) is 0.367. The minimum absolute atomic E-state index is 0.0644. The quantitative estimate of drug-likeness (QED) is 0.360. The summed E-state index contributed by atoms with van der Waals surface area (Å²) in [5, 5.41) is 13.2. The number of nitrogens with two attached hydrogens (primary N) is 1. The van der Waals surface area contributed by atoms with Gasteiger partial charge >= 0.3 is 0 Å². The van der Waals surface area contributed by atoms with E-state index in [1.165, 1.54) is 18.2 Å². The molecule has 3 aromatic carbocycles. The number of amides is 1. The van der Waals surface area contributed by atoms with E-state index in [1.54, 1.807) is 6.92 Å². The molecule has 200 valence electrons. The maximum absolute atomic E-state index is 15.8. The first-order valence-electron chi connectivity index (χ1n) is 13.0. The van der Waals surface area contributed by atoms with Gasteiger partial charge in [0.05, 0.1) is 11.1 Å². The number of rotatable bonds is 7. The lowest BCUT2D eigenvalue weighted by Gasteiger charge is -2.34. The molecule has 1 saturated carbocycles. The van der Waals surface area contributed by atoms with Gasteiger partial charge < -0.3 is 20.9 Å². The average molecular weight is 541 g/mol. The van der Waals surface area contributed by atoms with Crippen molar-refractivity contribution in [2.24, 2.45) is 5.73 Å². The summed E-state index contributed by atoms with van der Waals surface area (Å²) in [6, 6.07) is 14.0. The highest BCUT2D eigenvalue weighted by molar-refractivity contribution is 6.34. The van der Waals surface area contributed by atoms with Gasteiger partial charge in [0.2, 0.25) is 5.91 Å². The van der Waals surface area contributed by atoms with Gasteiger partial charge in [-0.05, 0) is 49.3 Å². The zero-order valence-corrected chi connectivity index (χ0v) is 22.0. The highest BCUT2D eigenvalue weighted by Gasteiger charge is 2.44. The molecule has 5 rings (SSSR count). The summed E-state index contributed by atoms with van der Waals surface area (Å²) in [7, 11) is 0. The fourth-order valence-electron chi connectivity index (χ4n) is 5.73. The first-order valence-corrected chi connectivity index (χ1v) is 13.4. The van der Waals surface area contributed by atoms with Crippen molar-refractivity contribution in [3.63, 3.8) is 0 Å². The first kappa shape index (κ1) is 26.6. The normalized spacial score (nSPS) is 22.7. The summed E-state index contributed by atoms with van der Waals surface area (Å²) in [4.78, 5) is 12.4. The molecule has 0 radical (unpaired) electrons. The number of nitrogens with one attached hydrogen (secondary N) is 1. The Balaban J connectivity index is 1.63. The number of hydrogen-bond donors (Lipinski definition) is 3. The summed E-state index contributed by atoms with van der Waals surface area (Å²) in [6.45, 7) is 2.20. The average Bonchev–Trinajstić information content (AvgIpc) is 3.29. The second-order valence-corrected chi connectivity index (χ2v) is 10.6. The molecule has 0 bridgehead atoms. The molecule has 3 aromatic rings. The van der Waals surface area contributed by atoms with Crippen molar-refractivity contribution >= 4 is 17.5 Å². The third-order valence-corrected chi connectivity index (χ3v) is 8.21. The number of primary amides is 1. The van der Waals surface area contributed by atoms with Gasteiger partial charge in [-0.1, -0.05) is 54.9 Å². The molecule has 2 aliphatic rings. The predicted molar refractivity (Wildman–Crippen MR) is 143 cm³/mol. The van der Waals surface area contributed by atoms with Gasteiger partial charge in [0.1, 0.15) is 17.4 Å². The minimum atomic E-state index is -0.919. The van der Waals surface area contributed by atoms with E-state index >= 15 is 8.78 Å². The van der Waals surface area contributed by atoms with Crippen LogP contribution >= 0.6 is 11.6 Å².